The molecule has 106 valence electrons. The number of hydrogen-bond donors (Lipinski definition) is 2. The highest BCUT2D eigenvalue weighted by atomic mass is 35.5. The Balaban J connectivity index is 0.00000162. The van der Waals surface area contributed by atoms with Crippen molar-refractivity contribution in [3.63, 3.8) is 0 Å². The molecule has 18 heavy (non-hydrogen) atoms. The van der Waals surface area contributed by atoms with E-state index >= 15 is 0 Å². The molecular formula is C13H25ClN2OS. The van der Waals surface area contributed by atoms with Crippen LogP contribution in [-0.2, 0) is 4.79 Å². The summed E-state index contributed by atoms with van der Waals surface area (Å²) >= 11 is 1.79. The molecule has 0 radical (unpaired) electrons. The molecule has 1 heterocycles. The SMILES string of the molecule is CSCC(C)NC(=O)[C@@]12CCCC[C@H]1CNC2.Cl. The third-order valence-electron chi connectivity index (χ3n) is 4.28. The van der Waals surface area contributed by atoms with Gasteiger partial charge in [0.05, 0.1) is 5.41 Å². The average Bonchev–Trinajstić information content (AvgIpc) is 2.73. The number of carbonyl (C=O) groups is 1. The minimum atomic E-state index is -0.0923. The summed E-state index contributed by atoms with van der Waals surface area (Å²) in [4.78, 5) is 12.5. The van der Waals surface area contributed by atoms with Gasteiger partial charge in [-0.15, -0.1) is 12.4 Å². The number of fused-ring (bicyclic) bond motifs is 1. The normalized spacial score (nSPS) is 32.2. The lowest BCUT2D eigenvalue weighted by atomic mass is 9.67. The lowest BCUT2D eigenvalue weighted by Crippen LogP contribution is -2.50. The Hall–Kier alpha value is 0.0700. The van der Waals surface area contributed by atoms with Crippen molar-refractivity contribution in [3.8, 4) is 0 Å². The van der Waals surface area contributed by atoms with Crippen LogP contribution in [0.25, 0.3) is 0 Å². The van der Waals surface area contributed by atoms with E-state index in [2.05, 4.69) is 23.8 Å². The van der Waals surface area contributed by atoms with E-state index in [0.717, 1.165) is 25.3 Å². The van der Waals surface area contributed by atoms with Gasteiger partial charge >= 0.3 is 0 Å². The first-order valence-electron chi connectivity index (χ1n) is 6.69. The van der Waals surface area contributed by atoms with E-state index in [1.165, 1.54) is 19.3 Å². The number of nitrogens with one attached hydrogen (secondary N) is 2. The maximum atomic E-state index is 12.5. The van der Waals surface area contributed by atoms with Crippen molar-refractivity contribution in [2.45, 2.75) is 38.6 Å². The largest absolute Gasteiger partial charge is 0.352 e. The Morgan fingerprint density at radius 3 is 3.06 bits per heavy atom. The van der Waals surface area contributed by atoms with Gasteiger partial charge in [0.15, 0.2) is 0 Å². The standard InChI is InChI=1S/C13H24N2OS.ClH/c1-10(8-17-2)15-12(16)13-6-4-3-5-11(13)7-14-9-13;/h10-11,14H,3-9H2,1-2H3,(H,15,16);1H/t10?,11-,13+;/m0./s1. The van der Waals surface area contributed by atoms with Gasteiger partial charge in [0, 0.05) is 18.3 Å². The number of carbonyl (C=O) groups excluding carboxylic acids is 1. The van der Waals surface area contributed by atoms with Crippen LogP contribution in [0.15, 0.2) is 0 Å². The smallest absolute Gasteiger partial charge is 0.228 e. The van der Waals surface area contributed by atoms with Crippen LogP contribution in [0.5, 0.6) is 0 Å². The minimum Gasteiger partial charge on any atom is -0.352 e. The fraction of sp³-hybridized carbons (Fsp3) is 0.923. The highest BCUT2D eigenvalue weighted by Crippen LogP contribution is 2.43. The molecular weight excluding hydrogens is 268 g/mol. The van der Waals surface area contributed by atoms with E-state index in [9.17, 15) is 4.79 Å². The van der Waals surface area contributed by atoms with E-state index in [1.807, 2.05) is 0 Å². The van der Waals surface area contributed by atoms with Crippen molar-refractivity contribution < 1.29 is 4.79 Å². The van der Waals surface area contributed by atoms with Crippen LogP contribution in [0.2, 0.25) is 0 Å². The molecule has 0 aromatic heterocycles. The quantitative estimate of drug-likeness (QED) is 0.833. The van der Waals surface area contributed by atoms with Gasteiger partial charge in [0.25, 0.3) is 0 Å². The summed E-state index contributed by atoms with van der Waals surface area (Å²) in [7, 11) is 0. The average molecular weight is 293 g/mol. The number of hydrogen-bond acceptors (Lipinski definition) is 3. The lowest BCUT2D eigenvalue weighted by molar-refractivity contribution is -0.134. The van der Waals surface area contributed by atoms with Crippen molar-refractivity contribution in [1.29, 1.82) is 0 Å². The van der Waals surface area contributed by atoms with Crippen LogP contribution >= 0.6 is 24.2 Å². The number of rotatable bonds is 4. The highest BCUT2D eigenvalue weighted by Gasteiger charge is 2.49. The predicted octanol–water partition coefficient (Wildman–Crippen LogP) is 2.06. The van der Waals surface area contributed by atoms with Gasteiger partial charge in [-0.1, -0.05) is 12.8 Å². The molecule has 2 fully saturated rings. The van der Waals surface area contributed by atoms with Crippen LogP contribution < -0.4 is 10.6 Å². The third-order valence-corrected chi connectivity index (χ3v) is 5.12. The van der Waals surface area contributed by atoms with Crippen molar-refractivity contribution in [1.82, 2.24) is 10.6 Å². The molecule has 2 N–H and O–H groups in total. The number of amides is 1. The summed E-state index contributed by atoms with van der Waals surface area (Å²) < 4.78 is 0. The number of halogens is 1. The molecule has 1 unspecified atom stereocenters. The van der Waals surface area contributed by atoms with Gasteiger partial charge in [-0.3, -0.25) is 4.79 Å². The van der Waals surface area contributed by atoms with E-state index in [-0.39, 0.29) is 23.9 Å². The summed E-state index contributed by atoms with van der Waals surface area (Å²) in [6, 6.07) is 0.287. The van der Waals surface area contributed by atoms with Crippen LogP contribution in [0.4, 0.5) is 0 Å². The molecule has 0 aromatic rings. The van der Waals surface area contributed by atoms with E-state index < -0.39 is 0 Å². The van der Waals surface area contributed by atoms with E-state index in [0.29, 0.717) is 11.8 Å². The summed E-state index contributed by atoms with van der Waals surface area (Å²) in [5, 5.41) is 6.64. The van der Waals surface area contributed by atoms with Gasteiger partial charge in [-0.2, -0.15) is 11.8 Å². The fourth-order valence-corrected chi connectivity index (χ4v) is 3.93. The van der Waals surface area contributed by atoms with Crippen molar-refractivity contribution in [3.05, 3.63) is 0 Å². The van der Waals surface area contributed by atoms with Crippen LogP contribution in [0, 0.1) is 11.3 Å². The molecule has 1 amide bonds. The second-order valence-corrected chi connectivity index (χ2v) is 6.47. The van der Waals surface area contributed by atoms with Crippen molar-refractivity contribution in [2.24, 2.45) is 11.3 Å². The Morgan fingerprint density at radius 1 is 1.56 bits per heavy atom. The van der Waals surface area contributed by atoms with Gasteiger partial charge in [0.2, 0.25) is 5.91 Å². The second kappa shape index (κ2) is 7.01. The molecule has 5 heteroatoms. The zero-order valence-electron chi connectivity index (χ0n) is 11.3. The molecule has 3 nitrogen and oxygen atoms in total. The maximum Gasteiger partial charge on any atom is 0.228 e. The highest BCUT2D eigenvalue weighted by molar-refractivity contribution is 7.98. The third kappa shape index (κ3) is 3.14. The fourth-order valence-electron chi connectivity index (χ4n) is 3.35. The summed E-state index contributed by atoms with van der Waals surface area (Å²) in [5.41, 5.74) is -0.0923. The molecule has 0 spiro atoms. The first-order valence-corrected chi connectivity index (χ1v) is 8.09. The molecule has 1 saturated carbocycles. The van der Waals surface area contributed by atoms with Crippen LogP contribution in [0.1, 0.15) is 32.6 Å². The first kappa shape index (κ1) is 16.1. The molecule has 2 aliphatic rings. The molecule has 0 aromatic carbocycles. The molecule has 1 saturated heterocycles. The summed E-state index contributed by atoms with van der Waals surface area (Å²) in [6.07, 6.45) is 6.88. The van der Waals surface area contributed by atoms with Crippen molar-refractivity contribution in [2.75, 3.05) is 25.1 Å². The monoisotopic (exact) mass is 292 g/mol. The first-order chi connectivity index (χ1) is 8.19. The zero-order valence-corrected chi connectivity index (χ0v) is 13.0. The van der Waals surface area contributed by atoms with Gasteiger partial charge in [-0.05, 0) is 38.5 Å². The number of thioether (sulfide) groups is 1. The van der Waals surface area contributed by atoms with Gasteiger partial charge in [-0.25, -0.2) is 0 Å². The van der Waals surface area contributed by atoms with Gasteiger partial charge in [0.1, 0.15) is 0 Å². The Labute approximate surface area is 121 Å². The molecule has 1 aliphatic heterocycles. The summed E-state index contributed by atoms with van der Waals surface area (Å²) in [6.45, 7) is 4.02. The minimum absolute atomic E-state index is 0. The Kier molecular flexibility index (Phi) is 6.28. The molecule has 2 rings (SSSR count). The predicted molar refractivity (Wildman–Crippen MR) is 80.5 cm³/mol. The molecule has 3 atom stereocenters. The van der Waals surface area contributed by atoms with Crippen LogP contribution in [0.3, 0.4) is 0 Å². The molecule has 0 bridgehead atoms. The molecule has 1 aliphatic carbocycles. The van der Waals surface area contributed by atoms with E-state index in [4.69, 9.17) is 0 Å². The second-order valence-electron chi connectivity index (χ2n) is 5.56. The Bertz CT molecular complexity index is 290. The van der Waals surface area contributed by atoms with Gasteiger partial charge < -0.3 is 10.6 Å². The van der Waals surface area contributed by atoms with Crippen LogP contribution in [-0.4, -0.2) is 37.0 Å². The Morgan fingerprint density at radius 2 is 2.33 bits per heavy atom. The summed E-state index contributed by atoms with van der Waals surface area (Å²) in [5.74, 6) is 1.87. The van der Waals surface area contributed by atoms with E-state index in [1.54, 1.807) is 11.8 Å². The zero-order chi connectivity index (χ0) is 12.3. The van der Waals surface area contributed by atoms with Crippen molar-refractivity contribution >= 4 is 30.1 Å². The maximum absolute atomic E-state index is 12.5. The lowest BCUT2D eigenvalue weighted by Gasteiger charge is -2.37. The topological polar surface area (TPSA) is 41.1 Å².